The van der Waals surface area contributed by atoms with E-state index in [0.29, 0.717) is 10.9 Å². The van der Waals surface area contributed by atoms with Crippen LogP contribution >= 0.6 is 15.9 Å². The first-order valence-electron chi connectivity index (χ1n) is 5.38. The lowest BCUT2D eigenvalue weighted by atomic mass is 10.1. The second-order valence-corrected chi connectivity index (χ2v) is 4.56. The highest BCUT2D eigenvalue weighted by atomic mass is 79.9. The van der Waals surface area contributed by atoms with E-state index in [1.54, 1.807) is 0 Å². The molecule has 0 aliphatic rings. The smallest absolute Gasteiger partial charge is 0.352 e. The molecule has 0 radical (unpaired) electrons. The summed E-state index contributed by atoms with van der Waals surface area (Å²) in [5.41, 5.74) is -0.954. The number of halogens is 4. The number of amides is 1. The number of nitrogens with zero attached hydrogens (tertiary/aromatic N) is 1. The quantitative estimate of drug-likeness (QED) is 0.857. The highest BCUT2D eigenvalue weighted by molar-refractivity contribution is 9.10. The van der Waals surface area contributed by atoms with E-state index in [1.165, 1.54) is 6.07 Å². The van der Waals surface area contributed by atoms with Crippen molar-refractivity contribution in [3.05, 3.63) is 33.8 Å². The van der Waals surface area contributed by atoms with Crippen molar-refractivity contribution in [2.45, 2.75) is 19.0 Å². The first-order valence-corrected chi connectivity index (χ1v) is 6.17. The summed E-state index contributed by atoms with van der Waals surface area (Å²) < 4.78 is 37.9. The van der Waals surface area contributed by atoms with Gasteiger partial charge in [0.2, 0.25) is 0 Å². The summed E-state index contributed by atoms with van der Waals surface area (Å²) >= 11 is 3.04. The molecule has 7 heteroatoms. The van der Waals surface area contributed by atoms with Crippen molar-refractivity contribution in [2.75, 3.05) is 6.54 Å². The number of carbonyl (C=O) groups excluding carboxylic acids is 1. The Morgan fingerprint density at radius 2 is 2.11 bits per heavy atom. The first-order chi connectivity index (χ1) is 8.86. The first kappa shape index (κ1) is 15.5. The van der Waals surface area contributed by atoms with Gasteiger partial charge in [-0.15, -0.1) is 0 Å². The van der Waals surface area contributed by atoms with Crippen molar-refractivity contribution in [3.8, 4) is 6.07 Å². The molecule has 19 heavy (non-hydrogen) atoms. The molecule has 0 saturated heterocycles. The number of benzene rings is 1. The average Bonchev–Trinajstić information content (AvgIpc) is 2.33. The third-order valence-electron chi connectivity index (χ3n) is 2.29. The molecular formula is C12H10BrF3N2O. The molecule has 102 valence electrons. The number of hydrogen-bond acceptors (Lipinski definition) is 2. The molecular weight excluding hydrogens is 325 g/mol. The van der Waals surface area contributed by atoms with Crippen LogP contribution in [-0.2, 0) is 6.18 Å². The molecule has 1 amide bonds. The molecule has 0 saturated carbocycles. The Hall–Kier alpha value is -1.55. The van der Waals surface area contributed by atoms with Crippen LogP contribution in [0.4, 0.5) is 13.2 Å². The molecule has 1 N–H and O–H groups in total. The maximum absolute atomic E-state index is 12.5. The fraction of sp³-hybridized carbons (Fsp3) is 0.333. The maximum Gasteiger partial charge on any atom is 0.416 e. The number of carbonyl (C=O) groups is 1. The van der Waals surface area contributed by atoms with Gasteiger partial charge in [-0.05, 0) is 40.5 Å². The number of rotatable bonds is 4. The van der Waals surface area contributed by atoms with E-state index in [4.69, 9.17) is 5.26 Å². The lowest BCUT2D eigenvalue weighted by molar-refractivity contribution is -0.137. The Bertz CT molecular complexity index is 509. The van der Waals surface area contributed by atoms with E-state index >= 15 is 0 Å². The fourth-order valence-electron chi connectivity index (χ4n) is 1.34. The lowest BCUT2D eigenvalue weighted by Gasteiger charge is -2.10. The number of nitriles is 1. The van der Waals surface area contributed by atoms with Crippen molar-refractivity contribution in [1.29, 1.82) is 5.26 Å². The van der Waals surface area contributed by atoms with Gasteiger partial charge in [0.05, 0.1) is 17.2 Å². The van der Waals surface area contributed by atoms with E-state index in [2.05, 4.69) is 21.2 Å². The monoisotopic (exact) mass is 334 g/mol. The van der Waals surface area contributed by atoms with Crippen LogP contribution in [0.1, 0.15) is 28.8 Å². The third kappa shape index (κ3) is 4.56. The van der Waals surface area contributed by atoms with Crippen molar-refractivity contribution < 1.29 is 18.0 Å². The topological polar surface area (TPSA) is 52.9 Å². The van der Waals surface area contributed by atoms with Crippen LogP contribution in [0.15, 0.2) is 22.7 Å². The standard InChI is InChI=1S/C12H10BrF3N2O/c13-10-4-3-8(12(14,15)16)7-9(10)11(19)18-6-2-1-5-17/h3-4,7H,1-2,6H2,(H,18,19). The molecule has 0 spiro atoms. The van der Waals surface area contributed by atoms with E-state index in [1.807, 2.05) is 6.07 Å². The summed E-state index contributed by atoms with van der Waals surface area (Å²) in [6.45, 7) is 0.245. The number of unbranched alkanes of at least 4 members (excludes halogenated alkanes) is 1. The molecule has 1 rings (SSSR count). The average molecular weight is 335 g/mol. The lowest BCUT2D eigenvalue weighted by Crippen LogP contribution is -2.25. The highest BCUT2D eigenvalue weighted by Crippen LogP contribution is 2.31. The zero-order chi connectivity index (χ0) is 14.5. The largest absolute Gasteiger partial charge is 0.416 e. The van der Waals surface area contributed by atoms with Crippen LogP contribution in [0.2, 0.25) is 0 Å². The number of hydrogen-bond donors (Lipinski definition) is 1. The molecule has 0 atom stereocenters. The van der Waals surface area contributed by atoms with Crippen LogP contribution in [0.25, 0.3) is 0 Å². The summed E-state index contributed by atoms with van der Waals surface area (Å²) in [6, 6.07) is 4.79. The van der Waals surface area contributed by atoms with Gasteiger partial charge in [-0.25, -0.2) is 0 Å². The van der Waals surface area contributed by atoms with Crippen LogP contribution in [0, 0.1) is 11.3 Å². The predicted molar refractivity (Wildman–Crippen MR) is 66.3 cm³/mol. The minimum Gasteiger partial charge on any atom is -0.352 e. The zero-order valence-corrected chi connectivity index (χ0v) is 11.3. The highest BCUT2D eigenvalue weighted by Gasteiger charge is 2.31. The van der Waals surface area contributed by atoms with Gasteiger partial charge in [-0.1, -0.05) is 0 Å². The van der Waals surface area contributed by atoms with Gasteiger partial charge in [0.25, 0.3) is 5.91 Å². The normalized spacial score (nSPS) is 10.9. The van der Waals surface area contributed by atoms with Crippen molar-refractivity contribution >= 4 is 21.8 Å². The van der Waals surface area contributed by atoms with Crippen LogP contribution in [0.5, 0.6) is 0 Å². The fourth-order valence-corrected chi connectivity index (χ4v) is 1.77. The van der Waals surface area contributed by atoms with Crippen LogP contribution in [-0.4, -0.2) is 12.5 Å². The van der Waals surface area contributed by atoms with Gasteiger partial charge < -0.3 is 5.32 Å². The Kier molecular flexibility index (Phi) is 5.36. The van der Waals surface area contributed by atoms with Gasteiger partial charge in [0, 0.05) is 17.4 Å². The molecule has 0 aliphatic carbocycles. The molecule has 0 aromatic heterocycles. The minimum atomic E-state index is -4.49. The summed E-state index contributed by atoms with van der Waals surface area (Å²) in [5, 5.41) is 10.8. The van der Waals surface area contributed by atoms with Crippen LogP contribution < -0.4 is 5.32 Å². The molecule has 3 nitrogen and oxygen atoms in total. The van der Waals surface area contributed by atoms with Gasteiger partial charge in [-0.3, -0.25) is 4.79 Å². The molecule has 0 bridgehead atoms. The van der Waals surface area contributed by atoms with Gasteiger partial charge in [-0.2, -0.15) is 18.4 Å². The maximum atomic E-state index is 12.5. The number of alkyl halides is 3. The molecule has 0 aliphatic heterocycles. The molecule has 0 unspecified atom stereocenters. The predicted octanol–water partition coefficient (Wildman–Crippen LogP) is 3.50. The second-order valence-electron chi connectivity index (χ2n) is 3.71. The van der Waals surface area contributed by atoms with E-state index in [0.717, 1.165) is 12.1 Å². The Morgan fingerprint density at radius 1 is 1.42 bits per heavy atom. The third-order valence-corrected chi connectivity index (χ3v) is 2.98. The number of nitrogens with one attached hydrogen (secondary N) is 1. The summed E-state index contributed by atoms with van der Waals surface area (Å²) in [7, 11) is 0. The second kappa shape index (κ2) is 6.57. The summed E-state index contributed by atoms with van der Waals surface area (Å²) in [5.74, 6) is -0.601. The molecule has 0 fully saturated rings. The minimum absolute atomic E-state index is 0.0771. The summed E-state index contributed by atoms with van der Waals surface area (Å²) in [6.07, 6.45) is -3.75. The molecule has 1 aromatic rings. The summed E-state index contributed by atoms with van der Waals surface area (Å²) in [4.78, 5) is 11.7. The van der Waals surface area contributed by atoms with Crippen molar-refractivity contribution in [2.24, 2.45) is 0 Å². The molecule has 0 heterocycles. The Morgan fingerprint density at radius 3 is 2.68 bits per heavy atom. The van der Waals surface area contributed by atoms with Gasteiger partial charge in [0.15, 0.2) is 0 Å². The SMILES string of the molecule is N#CCCCNC(=O)c1cc(C(F)(F)F)ccc1Br. The Balaban J connectivity index is 2.82. The van der Waals surface area contributed by atoms with Gasteiger partial charge in [0.1, 0.15) is 0 Å². The Labute approximate surface area is 116 Å². The molecule has 1 aromatic carbocycles. The van der Waals surface area contributed by atoms with E-state index in [-0.39, 0.29) is 18.5 Å². The van der Waals surface area contributed by atoms with E-state index in [9.17, 15) is 18.0 Å². The van der Waals surface area contributed by atoms with Crippen molar-refractivity contribution in [1.82, 2.24) is 5.32 Å². The van der Waals surface area contributed by atoms with Crippen LogP contribution in [0.3, 0.4) is 0 Å². The van der Waals surface area contributed by atoms with E-state index < -0.39 is 17.6 Å². The van der Waals surface area contributed by atoms with Gasteiger partial charge >= 0.3 is 6.18 Å². The van der Waals surface area contributed by atoms with Crippen molar-refractivity contribution in [3.63, 3.8) is 0 Å². The zero-order valence-electron chi connectivity index (χ0n) is 9.72.